The number of allylic oxidation sites excluding steroid dienone is 1. The van der Waals surface area contributed by atoms with Crippen molar-refractivity contribution in [1.82, 2.24) is 4.72 Å². The van der Waals surface area contributed by atoms with Crippen molar-refractivity contribution >= 4 is 26.9 Å². The molecular formula is C17H24BrNOS. The van der Waals surface area contributed by atoms with Gasteiger partial charge >= 0.3 is 0 Å². The lowest BCUT2D eigenvalue weighted by atomic mass is 9.86. The second-order valence-corrected chi connectivity index (χ2v) is 9.46. The van der Waals surface area contributed by atoms with E-state index >= 15 is 0 Å². The summed E-state index contributed by atoms with van der Waals surface area (Å²) in [5.41, 5.74) is 1.20. The zero-order valence-corrected chi connectivity index (χ0v) is 15.3. The Morgan fingerprint density at radius 2 is 1.95 bits per heavy atom. The van der Waals surface area contributed by atoms with Crippen molar-refractivity contribution < 1.29 is 4.21 Å². The van der Waals surface area contributed by atoms with Crippen LogP contribution in [0, 0.1) is 5.92 Å². The molecule has 2 rings (SSSR count). The first-order valence-electron chi connectivity index (χ1n) is 7.48. The molecule has 21 heavy (non-hydrogen) atoms. The third kappa shape index (κ3) is 4.76. The molecule has 1 aromatic carbocycles. The topological polar surface area (TPSA) is 29.1 Å². The predicted octanol–water partition coefficient (Wildman–Crippen LogP) is 4.90. The van der Waals surface area contributed by atoms with Crippen LogP contribution in [0.3, 0.4) is 0 Å². The number of halogens is 1. The molecule has 1 N–H and O–H groups in total. The Balaban J connectivity index is 2.25. The quantitative estimate of drug-likeness (QED) is 0.751. The van der Waals surface area contributed by atoms with Gasteiger partial charge in [0.2, 0.25) is 0 Å². The summed E-state index contributed by atoms with van der Waals surface area (Å²) < 4.78 is 16.7. The maximum absolute atomic E-state index is 12.5. The van der Waals surface area contributed by atoms with Gasteiger partial charge < -0.3 is 0 Å². The highest BCUT2D eigenvalue weighted by atomic mass is 79.9. The lowest BCUT2D eigenvalue weighted by molar-refractivity contribution is 0.429. The van der Waals surface area contributed by atoms with Crippen molar-refractivity contribution in [2.24, 2.45) is 5.92 Å². The smallest absolute Gasteiger partial charge is 0.0976 e. The summed E-state index contributed by atoms with van der Waals surface area (Å²) in [5.74, 6) is 0.409. The van der Waals surface area contributed by atoms with Crippen LogP contribution < -0.4 is 4.72 Å². The average molecular weight is 370 g/mol. The van der Waals surface area contributed by atoms with Crippen LogP contribution in [0.2, 0.25) is 0 Å². The molecule has 0 aromatic heterocycles. The number of hydrogen-bond acceptors (Lipinski definition) is 1. The van der Waals surface area contributed by atoms with E-state index in [1.54, 1.807) is 0 Å². The Hall–Kier alpha value is -0.450. The monoisotopic (exact) mass is 369 g/mol. The fraction of sp³-hybridized carbons (Fsp3) is 0.529. The maximum Gasteiger partial charge on any atom is 0.0976 e. The Bertz CT molecular complexity index is 519. The second-order valence-electron chi connectivity index (χ2n) is 6.55. The molecule has 0 bridgehead atoms. The average Bonchev–Trinajstić information content (AvgIpc) is 2.45. The van der Waals surface area contributed by atoms with Crippen molar-refractivity contribution in [2.45, 2.75) is 50.8 Å². The van der Waals surface area contributed by atoms with Crippen LogP contribution in [-0.4, -0.2) is 8.96 Å². The molecule has 0 amide bonds. The van der Waals surface area contributed by atoms with Gasteiger partial charge in [-0.1, -0.05) is 40.2 Å². The van der Waals surface area contributed by atoms with E-state index in [1.807, 2.05) is 20.8 Å². The van der Waals surface area contributed by atoms with Gasteiger partial charge in [0, 0.05) is 4.47 Å². The first-order valence-corrected chi connectivity index (χ1v) is 9.42. The van der Waals surface area contributed by atoms with E-state index in [0.29, 0.717) is 5.92 Å². The normalized spacial score (nSPS) is 22.0. The largest absolute Gasteiger partial charge is 0.242 e. The van der Waals surface area contributed by atoms with Gasteiger partial charge in [0.05, 0.1) is 21.8 Å². The van der Waals surface area contributed by atoms with E-state index in [-0.39, 0.29) is 10.8 Å². The highest BCUT2D eigenvalue weighted by molar-refractivity contribution is 9.10. The fourth-order valence-corrected chi connectivity index (χ4v) is 3.64. The van der Waals surface area contributed by atoms with Gasteiger partial charge in [0.1, 0.15) is 0 Å². The van der Waals surface area contributed by atoms with Crippen LogP contribution in [0.4, 0.5) is 0 Å². The van der Waals surface area contributed by atoms with E-state index < -0.39 is 11.0 Å². The van der Waals surface area contributed by atoms with Gasteiger partial charge in [-0.05, 0) is 63.6 Å². The molecule has 0 aliphatic heterocycles. The van der Waals surface area contributed by atoms with Crippen molar-refractivity contribution in [3.05, 3.63) is 46.5 Å². The Kier molecular flexibility index (Phi) is 5.81. The molecular weight excluding hydrogens is 346 g/mol. The molecule has 0 saturated carbocycles. The molecule has 0 fully saturated rings. The second kappa shape index (κ2) is 7.21. The van der Waals surface area contributed by atoms with Crippen molar-refractivity contribution in [1.29, 1.82) is 0 Å². The summed E-state index contributed by atoms with van der Waals surface area (Å²) in [7, 11) is -1.07. The van der Waals surface area contributed by atoms with Crippen LogP contribution >= 0.6 is 15.9 Å². The highest BCUT2D eigenvalue weighted by Crippen LogP contribution is 2.32. The minimum atomic E-state index is -1.07. The summed E-state index contributed by atoms with van der Waals surface area (Å²) in [6.07, 6.45) is 8.04. The first-order chi connectivity index (χ1) is 9.88. The SMILES string of the molecule is CC(C)(C)S(=O)N[C@H](c1ccc(Br)cc1)[C@@H]1C=CCCC1. The Morgan fingerprint density at radius 1 is 1.29 bits per heavy atom. The number of rotatable bonds is 4. The molecule has 0 radical (unpaired) electrons. The van der Waals surface area contributed by atoms with Gasteiger partial charge in [0.25, 0.3) is 0 Å². The van der Waals surface area contributed by atoms with Gasteiger partial charge in [-0.2, -0.15) is 0 Å². The third-order valence-electron chi connectivity index (χ3n) is 3.74. The summed E-state index contributed by atoms with van der Waals surface area (Å²) in [6.45, 7) is 6.02. The lowest BCUT2D eigenvalue weighted by Gasteiger charge is -2.30. The van der Waals surface area contributed by atoms with Crippen molar-refractivity contribution in [2.75, 3.05) is 0 Å². The number of hydrogen-bond donors (Lipinski definition) is 1. The van der Waals surface area contributed by atoms with Gasteiger partial charge in [0.15, 0.2) is 0 Å². The van der Waals surface area contributed by atoms with Crippen LogP contribution in [0.15, 0.2) is 40.9 Å². The first kappa shape index (κ1) is 16.9. The van der Waals surface area contributed by atoms with Crippen molar-refractivity contribution in [3.63, 3.8) is 0 Å². The van der Waals surface area contributed by atoms with Crippen LogP contribution in [0.1, 0.15) is 51.6 Å². The molecule has 0 spiro atoms. The summed E-state index contributed by atoms with van der Waals surface area (Å²) in [5, 5.41) is 0. The zero-order chi connectivity index (χ0) is 15.5. The molecule has 0 heterocycles. The van der Waals surface area contributed by atoms with E-state index in [2.05, 4.69) is 57.1 Å². The minimum absolute atomic E-state index is 0.106. The molecule has 1 unspecified atom stereocenters. The number of benzene rings is 1. The molecule has 3 atom stereocenters. The molecule has 1 aliphatic rings. The molecule has 1 aliphatic carbocycles. The molecule has 116 valence electrons. The lowest BCUT2D eigenvalue weighted by Crippen LogP contribution is -2.38. The summed E-state index contributed by atoms with van der Waals surface area (Å²) in [4.78, 5) is 0. The van der Waals surface area contributed by atoms with Crippen LogP contribution in [0.25, 0.3) is 0 Å². The van der Waals surface area contributed by atoms with E-state index in [4.69, 9.17) is 0 Å². The Labute approximate surface area is 139 Å². The van der Waals surface area contributed by atoms with E-state index in [9.17, 15) is 4.21 Å². The van der Waals surface area contributed by atoms with E-state index in [1.165, 1.54) is 12.0 Å². The summed E-state index contributed by atoms with van der Waals surface area (Å²) in [6, 6.07) is 8.44. The maximum atomic E-state index is 12.5. The van der Waals surface area contributed by atoms with Crippen LogP contribution in [-0.2, 0) is 11.0 Å². The Morgan fingerprint density at radius 3 is 2.48 bits per heavy atom. The predicted molar refractivity (Wildman–Crippen MR) is 94.4 cm³/mol. The summed E-state index contributed by atoms with van der Waals surface area (Å²) >= 11 is 3.48. The molecule has 0 saturated heterocycles. The fourth-order valence-electron chi connectivity index (χ4n) is 2.48. The third-order valence-corrected chi connectivity index (χ3v) is 5.85. The van der Waals surface area contributed by atoms with Gasteiger partial charge in [-0.25, -0.2) is 8.93 Å². The van der Waals surface area contributed by atoms with E-state index in [0.717, 1.165) is 17.3 Å². The van der Waals surface area contributed by atoms with Crippen LogP contribution in [0.5, 0.6) is 0 Å². The van der Waals surface area contributed by atoms with Gasteiger partial charge in [-0.15, -0.1) is 0 Å². The molecule has 4 heteroatoms. The molecule has 2 nitrogen and oxygen atoms in total. The molecule has 1 aromatic rings. The standard InChI is InChI=1S/C17H24BrNOS/c1-17(2,3)21(20)19-16(13-7-5-4-6-8-13)14-9-11-15(18)12-10-14/h5,7,9-13,16,19H,4,6,8H2,1-3H3/t13-,16+,21?/m1/s1. The number of nitrogens with one attached hydrogen (secondary N) is 1. The van der Waals surface area contributed by atoms with Crippen molar-refractivity contribution in [3.8, 4) is 0 Å². The van der Waals surface area contributed by atoms with Gasteiger partial charge in [-0.3, -0.25) is 0 Å². The minimum Gasteiger partial charge on any atom is -0.242 e. The highest BCUT2D eigenvalue weighted by Gasteiger charge is 2.28. The zero-order valence-electron chi connectivity index (χ0n) is 12.9.